The lowest BCUT2D eigenvalue weighted by Gasteiger charge is -2.18. The lowest BCUT2D eigenvalue weighted by atomic mass is 10.1. The van der Waals surface area contributed by atoms with E-state index in [9.17, 15) is 24.6 Å². The number of fused-ring (bicyclic) bond motifs is 2. The van der Waals surface area contributed by atoms with Crippen molar-refractivity contribution in [3.63, 3.8) is 0 Å². The fraction of sp³-hybridized carbons (Fsp3) is 0.364. The number of aromatic hydroxyl groups is 1. The maximum absolute atomic E-state index is 12.8. The van der Waals surface area contributed by atoms with Crippen molar-refractivity contribution in [1.29, 1.82) is 0 Å². The van der Waals surface area contributed by atoms with E-state index in [0.29, 0.717) is 12.6 Å². The molecule has 4 rings (SSSR count). The van der Waals surface area contributed by atoms with Crippen molar-refractivity contribution in [3.05, 3.63) is 46.4 Å². The van der Waals surface area contributed by atoms with Gasteiger partial charge in [-0.3, -0.25) is 9.59 Å². The molecule has 2 aromatic carbocycles. The Balaban J connectivity index is 1.88. The number of carboxylic acid groups (broad SMARTS) is 1. The van der Waals surface area contributed by atoms with Gasteiger partial charge >= 0.3 is 5.97 Å². The minimum absolute atomic E-state index is 0.00716. The quantitative estimate of drug-likeness (QED) is 0.212. The zero-order valence-electron chi connectivity index (χ0n) is 17.7. The van der Waals surface area contributed by atoms with Crippen molar-refractivity contribution < 1.29 is 15.0 Å². The molecular formula is C22H23IN4O5. The summed E-state index contributed by atoms with van der Waals surface area (Å²) in [4.78, 5) is 46.7. The lowest BCUT2D eigenvalue weighted by Crippen LogP contribution is -2.28. The molecule has 0 radical (unpaired) electrons. The summed E-state index contributed by atoms with van der Waals surface area (Å²) in [7, 11) is 2.11. The first-order chi connectivity index (χ1) is 15.2. The van der Waals surface area contributed by atoms with Crippen molar-refractivity contribution in [1.82, 2.24) is 20.2 Å². The third kappa shape index (κ3) is 3.81. The van der Waals surface area contributed by atoms with E-state index in [1.165, 1.54) is 19.4 Å². The van der Waals surface area contributed by atoms with Crippen LogP contribution in [0.15, 0.2) is 15.7 Å². The van der Waals surface area contributed by atoms with Gasteiger partial charge in [0.2, 0.25) is 10.9 Å². The molecule has 1 saturated heterocycles. The number of hydrogen-bond acceptors (Lipinski definition) is 7. The molecule has 32 heavy (non-hydrogen) atoms. The Labute approximate surface area is 196 Å². The molecule has 1 aliphatic rings. The summed E-state index contributed by atoms with van der Waals surface area (Å²) in [5.41, 5.74) is -0.923. The summed E-state index contributed by atoms with van der Waals surface area (Å²) in [6, 6.07) is 1.70. The zero-order valence-corrected chi connectivity index (χ0v) is 19.8. The number of likely N-dealkylation sites (tertiary alicyclic amines) is 1. The topological polar surface area (TPSA) is 136 Å². The molecule has 3 aromatic rings. The van der Waals surface area contributed by atoms with Gasteiger partial charge in [-0.2, -0.15) is 0 Å². The van der Waals surface area contributed by atoms with Gasteiger partial charge in [-0.05, 0) is 62.4 Å². The molecule has 2 heterocycles. The number of nitrogens with zero attached hydrogens (tertiary/aromatic N) is 2. The van der Waals surface area contributed by atoms with E-state index in [1.54, 1.807) is 28.8 Å². The van der Waals surface area contributed by atoms with Crippen LogP contribution >= 0.6 is 22.6 Å². The van der Waals surface area contributed by atoms with Gasteiger partial charge in [-0.15, -0.1) is 0 Å². The van der Waals surface area contributed by atoms with Crippen LogP contribution in [0.25, 0.3) is 28.3 Å². The molecular weight excluding hydrogens is 527 g/mol. The van der Waals surface area contributed by atoms with Gasteiger partial charge < -0.3 is 25.4 Å². The maximum Gasteiger partial charge on any atom is 0.338 e. The standard InChI is InChI=1S/C22H23IN4O5/c1-10-20(29)12(9-24-6-5-11-4-3-7-27(11)2)16-19(21(10)30)26-18-15(22(31)32)13(23)8-14(28)17(18)25-16/h8-9,11,24,26,29H,3-7H2,1-2H3,(H,31,32). The number of rotatable bonds is 5. The Bertz CT molecular complexity index is 1420. The molecule has 0 amide bonds. The highest BCUT2D eigenvalue weighted by Crippen LogP contribution is 2.21. The van der Waals surface area contributed by atoms with Crippen LogP contribution in [-0.2, 0) is 0 Å². The van der Waals surface area contributed by atoms with Crippen LogP contribution in [0.2, 0.25) is 0 Å². The number of aromatic nitrogens is 2. The van der Waals surface area contributed by atoms with Crippen LogP contribution < -0.4 is 21.4 Å². The van der Waals surface area contributed by atoms with E-state index in [-0.39, 0.29) is 47.7 Å². The second-order valence-electron chi connectivity index (χ2n) is 8.10. The predicted octanol–water partition coefficient (Wildman–Crippen LogP) is 1.28. The van der Waals surface area contributed by atoms with Crippen LogP contribution in [0.1, 0.15) is 35.2 Å². The largest absolute Gasteiger partial charge is 0.507 e. The number of carboxylic acids is 1. The average molecular weight is 550 g/mol. The van der Waals surface area contributed by atoms with Gasteiger partial charge in [0.1, 0.15) is 22.3 Å². The molecule has 9 nitrogen and oxygen atoms in total. The smallest absolute Gasteiger partial charge is 0.338 e. The Morgan fingerprint density at radius 3 is 2.78 bits per heavy atom. The number of hydrogen-bond donors (Lipinski definition) is 4. The summed E-state index contributed by atoms with van der Waals surface area (Å²) >= 11 is 1.77. The van der Waals surface area contributed by atoms with Crippen molar-refractivity contribution in [2.45, 2.75) is 32.2 Å². The summed E-state index contributed by atoms with van der Waals surface area (Å²) in [6.45, 7) is 3.25. The average Bonchev–Trinajstić information content (AvgIpc) is 3.15. The monoisotopic (exact) mass is 550 g/mol. The number of nitrogens with one attached hydrogen (secondary N) is 2. The Kier molecular flexibility index (Phi) is 6.08. The van der Waals surface area contributed by atoms with E-state index in [2.05, 4.69) is 27.2 Å². The zero-order chi connectivity index (χ0) is 23.2. The minimum Gasteiger partial charge on any atom is -0.507 e. The van der Waals surface area contributed by atoms with Gasteiger partial charge in [-0.25, -0.2) is 9.78 Å². The summed E-state index contributed by atoms with van der Waals surface area (Å²) in [5.74, 6) is -1.45. The van der Waals surface area contributed by atoms with Crippen LogP contribution in [0.4, 0.5) is 0 Å². The molecule has 0 bridgehead atoms. The summed E-state index contributed by atoms with van der Waals surface area (Å²) in [5, 5.41) is 23.7. The summed E-state index contributed by atoms with van der Waals surface area (Å²) < 4.78 is 0.248. The molecule has 1 fully saturated rings. The van der Waals surface area contributed by atoms with E-state index in [0.717, 1.165) is 19.4 Å². The second-order valence-corrected chi connectivity index (χ2v) is 9.26. The van der Waals surface area contributed by atoms with Crippen LogP contribution in [0.5, 0.6) is 5.75 Å². The van der Waals surface area contributed by atoms with Crippen molar-refractivity contribution in [2.24, 2.45) is 0 Å². The first kappa shape index (κ1) is 22.5. The second kappa shape index (κ2) is 8.66. The van der Waals surface area contributed by atoms with Crippen molar-refractivity contribution >= 4 is 56.8 Å². The van der Waals surface area contributed by atoms with E-state index in [4.69, 9.17) is 0 Å². The highest BCUT2D eigenvalue weighted by molar-refractivity contribution is 14.1. The van der Waals surface area contributed by atoms with Gasteiger partial charge in [-0.1, -0.05) is 0 Å². The number of aromatic carboxylic acids is 1. The number of phenolic OH excluding ortho intramolecular Hbond substituents is 1. The van der Waals surface area contributed by atoms with Crippen LogP contribution in [-0.4, -0.2) is 57.2 Å². The molecule has 0 saturated carbocycles. The minimum atomic E-state index is -1.23. The third-order valence-corrected chi connectivity index (χ3v) is 6.96. The Morgan fingerprint density at radius 1 is 1.38 bits per heavy atom. The normalized spacial score (nSPS) is 17.5. The number of phenols is 1. The number of halogens is 1. The molecule has 0 aliphatic carbocycles. The lowest BCUT2D eigenvalue weighted by molar-refractivity contribution is 0.0697. The number of carbonyl (C=O) groups is 1. The van der Waals surface area contributed by atoms with E-state index in [1.807, 2.05) is 0 Å². The van der Waals surface area contributed by atoms with Gasteiger partial charge in [0, 0.05) is 34.0 Å². The Hall–Kier alpha value is -2.73. The van der Waals surface area contributed by atoms with Crippen molar-refractivity contribution in [3.8, 4) is 5.75 Å². The van der Waals surface area contributed by atoms with E-state index >= 15 is 0 Å². The van der Waals surface area contributed by atoms with Crippen molar-refractivity contribution in [2.75, 3.05) is 20.1 Å². The molecule has 10 heteroatoms. The summed E-state index contributed by atoms with van der Waals surface area (Å²) in [6.07, 6.45) is 4.86. The van der Waals surface area contributed by atoms with Gasteiger partial charge in [0.25, 0.3) is 0 Å². The molecule has 168 valence electrons. The number of aromatic amines is 1. The molecule has 1 aliphatic heterocycles. The number of benzene rings is 2. The fourth-order valence-corrected chi connectivity index (χ4v) is 5.07. The van der Waals surface area contributed by atoms with Gasteiger partial charge in [0.15, 0.2) is 0 Å². The molecule has 0 spiro atoms. The fourth-order valence-electron chi connectivity index (χ4n) is 4.28. The van der Waals surface area contributed by atoms with E-state index < -0.39 is 16.8 Å². The first-order valence-corrected chi connectivity index (χ1v) is 11.4. The van der Waals surface area contributed by atoms with Crippen LogP contribution in [0, 0.1) is 10.5 Å². The highest BCUT2D eigenvalue weighted by Gasteiger charge is 2.21. The predicted molar refractivity (Wildman–Crippen MR) is 130 cm³/mol. The van der Waals surface area contributed by atoms with Gasteiger partial charge in [0.05, 0.1) is 16.3 Å². The highest BCUT2D eigenvalue weighted by atomic mass is 127. The number of H-pyrrole nitrogens is 1. The molecule has 4 N–H and O–H groups in total. The maximum atomic E-state index is 12.8. The third-order valence-electron chi connectivity index (χ3n) is 6.11. The molecule has 1 atom stereocenters. The SMILES string of the molecule is Cc1c(O)c(=CNCCC2CCCN2C)c2nc3c(=O)cc(I)c(C(=O)O)c3[nH]c2c1=O. The molecule has 1 aromatic heterocycles. The van der Waals surface area contributed by atoms with Crippen LogP contribution in [0.3, 0.4) is 0 Å². The Morgan fingerprint density at radius 2 is 2.12 bits per heavy atom. The molecule has 1 unspecified atom stereocenters. The first-order valence-electron chi connectivity index (χ1n) is 10.3.